The van der Waals surface area contributed by atoms with Gasteiger partial charge in [0, 0.05) is 20.0 Å². The van der Waals surface area contributed by atoms with Gasteiger partial charge in [-0.3, -0.25) is 9.48 Å². The van der Waals surface area contributed by atoms with E-state index < -0.39 is 0 Å². The summed E-state index contributed by atoms with van der Waals surface area (Å²) in [4.78, 5) is 13.6. The van der Waals surface area contributed by atoms with E-state index in [2.05, 4.69) is 17.7 Å². The smallest absolute Gasteiger partial charge is 0.223 e. The van der Waals surface area contributed by atoms with E-state index in [1.807, 2.05) is 29.6 Å². The Balaban J connectivity index is 2.05. The molecular formula is C11H17N3OS. The van der Waals surface area contributed by atoms with E-state index in [-0.39, 0.29) is 5.91 Å². The maximum atomic E-state index is 11.7. The molecule has 1 unspecified atom stereocenters. The van der Waals surface area contributed by atoms with Crippen molar-refractivity contribution in [2.45, 2.75) is 19.9 Å². The highest BCUT2D eigenvalue weighted by Gasteiger charge is 2.28. The Bertz CT molecular complexity index is 402. The van der Waals surface area contributed by atoms with E-state index in [9.17, 15) is 4.79 Å². The Morgan fingerprint density at radius 3 is 2.88 bits per heavy atom. The normalized spacial score (nSPS) is 20.8. The van der Waals surface area contributed by atoms with Gasteiger partial charge in [0.2, 0.25) is 5.91 Å². The van der Waals surface area contributed by atoms with Crippen LogP contribution >= 0.6 is 12.6 Å². The second kappa shape index (κ2) is 4.49. The van der Waals surface area contributed by atoms with Crippen molar-refractivity contribution in [3.63, 3.8) is 0 Å². The van der Waals surface area contributed by atoms with Crippen molar-refractivity contribution in [2.75, 3.05) is 12.3 Å². The minimum absolute atomic E-state index is 0.234. The molecule has 16 heavy (non-hydrogen) atoms. The largest absolute Gasteiger partial charge is 0.336 e. The van der Waals surface area contributed by atoms with E-state index in [0.717, 1.165) is 23.7 Å². The van der Waals surface area contributed by atoms with Gasteiger partial charge in [-0.1, -0.05) is 0 Å². The summed E-state index contributed by atoms with van der Waals surface area (Å²) in [6.07, 6.45) is 0.639. The fraction of sp³-hybridized carbons (Fsp3) is 0.636. The van der Waals surface area contributed by atoms with Gasteiger partial charge in [-0.2, -0.15) is 17.7 Å². The molecule has 1 atom stereocenters. The molecule has 88 valence electrons. The number of carbonyl (C=O) groups is 1. The highest BCUT2D eigenvalue weighted by atomic mass is 32.1. The second-order valence-electron chi connectivity index (χ2n) is 4.43. The van der Waals surface area contributed by atoms with Crippen molar-refractivity contribution < 1.29 is 4.79 Å². The highest BCUT2D eigenvalue weighted by Crippen LogP contribution is 2.20. The van der Waals surface area contributed by atoms with Crippen molar-refractivity contribution in [3.8, 4) is 0 Å². The van der Waals surface area contributed by atoms with E-state index >= 15 is 0 Å². The fourth-order valence-corrected chi connectivity index (χ4v) is 2.38. The number of carbonyl (C=O) groups excluding carboxylic acids is 1. The van der Waals surface area contributed by atoms with Gasteiger partial charge in [-0.25, -0.2) is 0 Å². The van der Waals surface area contributed by atoms with Crippen LogP contribution in [-0.2, 0) is 18.4 Å². The predicted molar refractivity (Wildman–Crippen MR) is 65.3 cm³/mol. The molecule has 5 heteroatoms. The molecule has 1 aliphatic heterocycles. The van der Waals surface area contributed by atoms with Gasteiger partial charge in [0.25, 0.3) is 0 Å². The maximum absolute atomic E-state index is 11.7. The Labute approximate surface area is 101 Å². The lowest BCUT2D eigenvalue weighted by molar-refractivity contribution is -0.128. The Morgan fingerprint density at radius 2 is 2.38 bits per heavy atom. The number of aryl methyl sites for hydroxylation is 2. The molecule has 0 aliphatic carbocycles. The number of thiol groups is 1. The van der Waals surface area contributed by atoms with E-state index in [1.54, 1.807) is 0 Å². The maximum Gasteiger partial charge on any atom is 0.223 e. The summed E-state index contributed by atoms with van der Waals surface area (Å²) in [5.41, 5.74) is 2.08. The zero-order chi connectivity index (χ0) is 11.7. The second-order valence-corrected chi connectivity index (χ2v) is 4.79. The van der Waals surface area contributed by atoms with E-state index in [4.69, 9.17) is 0 Å². The number of amides is 1. The van der Waals surface area contributed by atoms with Crippen LogP contribution in [0, 0.1) is 12.8 Å². The summed E-state index contributed by atoms with van der Waals surface area (Å²) in [7, 11) is 1.92. The molecule has 0 N–H and O–H groups in total. The van der Waals surface area contributed by atoms with Crippen LogP contribution in [0.1, 0.15) is 17.8 Å². The molecule has 0 aromatic carbocycles. The molecule has 1 fully saturated rings. The van der Waals surface area contributed by atoms with E-state index in [0.29, 0.717) is 18.9 Å². The summed E-state index contributed by atoms with van der Waals surface area (Å²) in [5, 5.41) is 4.28. The molecule has 4 nitrogen and oxygen atoms in total. The lowest BCUT2D eigenvalue weighted by Crippen LogP contribution is -2.25. The molecule has 2 heterocycles. The first kappa shape index (κ1) is 11.5. The van der Waals surface area contributed by atoms with Crippen molar-refractivity contribution >= 4 is 18.5 Å². The first-order valence-corrected chi connectivity index (χ1v) is 6.11. The summed E-state index contributed by atoms with van der Waals surface area (Å²) in [6, 6.07) is 2.03. The van der Waals surface area contributed by atoms with Crippen molar-refractivity contribution in [2.24, 2.45) is 13.0 Å². The molecular weight excluding hydrogens is 222 g/mol. The van der Waals surface area contributed by atoms with E-state index in [1.165, 1.54) is 0 Å². The molecule has 0 spiro atoms. The third-order valence-corrected chi connectivity index (χ3v) is 3.52. The monoisotopic (exact) mass is 239 g/mol. The third kappa shape index (κ3) is 2.24. The Hall–Kier alpha value is -0.970. The van der Waals surface area contributed by atoms with Crippen molar-refractivity contribution in [1.29, 1.82) is 0 Å². The number of aromatic nitrogens is 2. The van der Waals surface area contributed by atoms with Crippen LogP contribution in [0.5, 0.6) is 0 Å². The lowest BCUT2D eigenvalue weighted by Gasteiger charge is -2.16. The number of hydrogen-bond acceptors (Lipinski definition) is 3. The molecule has 1 amide bonds. The molecule has 1 aromatic heterocycles. The van der Waals surface area contributed by atoms with Gasteiger partial charge in [0.15, 0.2) is 0 Å². The first-order chi connectivity index (χ1) is 7.60. The van der Waals surface area contributed by atoms with Gasteiger partial charge in [0.05, 0.1) is 17.9 Å². The fourth-order valence-electron chi connectivity index (χ4n) is 2.14. The Kier molecular flexibility index (Phi) is 3.23. The van der Waals surface area contributed by atoms with Crippen LogP contribution in [0.3, 0.4) is 0 Å². The summed E-state index contributed by atoms with van der Waals surface area (Å²) < 4.78 is 1.84. The topological polar surface area (TPSA) is 38.1 Å². The van der Waals surface area contributed by atoms with Gasteiger partial charge in [-0.15, -0.1) is 0 Å². The Morgan fingerprint density at radius 1 is 1.62 bits per heavy atom. The molecule has 0 saturated carbocycles. The molecule has 1 aliphatic rings. The predicted octanol–water partition coefficient (Wildman–Crippen LogP) is 1.01. The quantitative estimate of drug-likeness (QED) is 0.799. The average molecular weight is 239 g/mol. The minimum atomic E-state index is 0.234. The summed E-state index contributed by atoms with van der Waals surface area (Å²) in [5.74, 6) is 1.43. The number of rotatable bonds is 3. The highest BCUT2D eigenvalue weighted by molar-refractivity contribution is 7.80. The molecule has 2 rings (SSSR count). The molecule has 0 bridgehead atoms. The van der Waals surface area contributed by atoms with Crippen LogP contribution in [0.15, 0.2) is 6.07 Å². The van der Waals surface area contributed by atoms with Gasteiger partial charge in [-0.05, 0) is 24.7 Å². The zero-order valence-electron chi connectivity index (χ0n) is 9.68. The number of nitrogens with zero attached hydrogens (tertiary/aromatic N) is 3. The lowest BCUT2D eigenvalue weighted by atomic mass is 10.1. The summed E-state index contributed by atoms with van der Waals surface area (Å²) >= 11 is 4.25. The zero-order valence-corrected chi connectivity index (χ0v) is 10.6. The average Bonchev–Trinajstić information content (AvgIpc) is 2.72. The van der Waals surface area contributed by atoms with Crippen LogP contribution in [0.2, 0.25) is 0 Å². The van der Waals surface area contributed by atoms with Gasteiger partial charge < -0.3 is 4.90 Å². The first-order valence-electron chi connectivity index (χ1n) is 5.48. The molecule has 0 radical (unpaired) electrons. The SMILES string of the molecule is Cc1cc(CN2CC(CS)CC2=O)n(C)n1. The van der Waals surface area contributed by atoms with Crippen molar-refractivity contribution in [3.05, 3.63) is 17.5 Å². The minimum Gasteiger partial charge on any atom is -0.336 e. The molecule has 1 saturated heterocycles. The number of likely N-dealkylation sites (tertiary alicyclic amines) is 1. The summed E-state index contributed by atoms with van der Waals surface area (Å²) in [6.45, 7) is 3.46. The third-order valence-electron chi connectivity index (χ3n) is 3.00. The van der Waals surface area contributed by atoms with Gasteiger partial charge in [0.1, 0.15) is 0 Å². The number of hydrogen-bond donors (Lipinski definition) is 1. The van der Waals surface area contributed by atoms with Crippen molar-refractivity contribution in [1.82, 2.24) is 14.7 Å². The van der Waals surface area contributed by atoms with Crippen LogP contribution < -0.4 is 0 Å². The van der Waals surface area contributed by atoms with Gasteiger partial charge >= 0.3 is 0 Å². The standard InChI is InChI=1S/C11H17N3OS/c1-8-3-10(13(2)12-8)6-14-5-9(7-16)4-11(14)15/h3,9,16H,4-7H2,1-2H3. The molecule has 1 aromatic rings. The van der Waals surface area contributed by atoms with Crippen LogP contribution in [0.25, 0.3) is 0 Å². The van der Waals surface area contributed by atoms with Crippen LogP contribution in [0.4, 0.5) is 0 Å². The van der Waals surface area contributed by atoms with Crippen LogP contribution in [-0.4, -0.2) is 32.9 Å².